The number of benzene rings is 1. The van der Waals surface area contributed by atoms with Crippen molar-refractivity contribution in [2.24, 2.45) is 5.92 Å². The first-order valence-electron chi connectivity index (χ1n) is 5.51. The fraction of sp³-hybridized carbons (Fsp3) is 0.462. The molecule has 0 radical (unpaired) electrons. The summed E-state index contributed by atoms with van der Waals surface area (Å²) in [6.07, 6.45) is 1.12. The highest BCUT2D eigenvalue weighted by Crippen LogP contribution is 2.43. The Balaban J connectivity index is 2.37. The van der Waals surface area contributed by atoms with E-state index in [1.54, 1.807) is 7.11 Å². The maximum absolute atomic E-state index is 10.8. The van der Waals surface area contributed by atoms with Crippen molar-refractivity contribution in [2.45, 2.75) is 25.7 Å². The van der Waals surface area contributed by atoms with Crippen LogP contribution in [0.1, 0.15) is 30.4 Å². The summed E-state index contributed by atoms with van der Waals surface area (Å²) in [5, 5.41) is 8.91. The molecule has 0 aliphatic heterocycles. The van der Waals surface area contributed by atoms with E-state index in [4.69, 9.17) is 9.84 Å². The molecule has 2 atom stereocenters. The highest BCUT2D eigenvalue weighted by molar-refractivity contribution is 5.69. The van der Waals surface area contributed by atoms with Gasteiger partial charge in [-0.05, 0) is 35.4 Å². The topological polar surface area (TPSA) is 46.5 Å². The second-order valence-corrected chi connectivity index (χ2v) is 4.41. The lowest BCUT2D eigenvalue weighted by Gasteiger charge is -2.13. The molecule has 16 heavy (non-hydrogen) atoms. The first kappa shape index (κ1) is 11.0. The predicted octanol–water partition coefficient (Wildman–Crippen LogP) is 2.45. The lowest BCUT2D eigenvalue weighted by Crippen LogP contribution is -2.09. The maximum atomic E-state index is 10.8. The minimum Gasteiger partial charge on any atom is -0.496 e. The molecular weight excluding hydrogens is 204 g/mol. The van der Waals surface area contributed by atoms with Crippen LogP contribution in [0.4, 0.5) is 0 Å². The maximum Gasteiger partial charge on any atom is 0.303 e. The quantitative estimate of drug-likeness (QED) is 0.851. The molecule has 86 valence electrons. The minimum atomic E-state index is -0.729. The van der Waals surface area contributed by atoms with Gasteiger partial charge < -0.3 is 9.84 Å². The van der Waals surface area contributed by atoms with E-state index < -0.39 is 5.97 Å². The van der Waals surface area contributed by atoms with Gasteiger partial charge in [-0.25, -0.2) is 0 Å². The molecular formula is C13H16O3. The predicted molar refractivity (Wildman–Crippen MR) is 60.9 cm³/mol. The van der Waals surface area contributed by atoms with Crippen molar-refractivity contribution >= 4 is 5.97 Å². The molecule has 0 saturated heterocycles. The molecule has 1 N–H and O–H groups in total. The molecule has 2 unspecified atom stereocenters. The van der Waals surface area contributed by atoms with E-state index in [9.17, 15) is 4.79 Å². The first-order chi connectivity index (χ1) is 7.63. The van der Waals surface area contributed by atoms with E-state index >= 15 is 0 Å². The second-order valence-electron chi connectivity index (χ2n) is 4.41. The Morgan fingerprint density at radius 1 is 1.56 bits per heavy atom. The molecule has 0 saturated carbocycles. The van der Waals surface area contributed by atoms with Crippen LogP contribution in [0, 0.1) is 5.92 Å². The van der Waals surface area contributed by atoms with Crippen molar-refractivity contribution in [3.8, 4) is 5.75 Å². The number of aliphatic carboxylic acids is 1. The number of ether oxygens (including phenoxy) is 1. The summed E-state index contributed by atoms with van der Waals surface area (Å²) in [6.45, 7) is 2.10. The molecule has 2 rings (SSSR count). The van der Waals surface area contributed by atoms with Gasteiger partial charge in [-0.1, -0.05) is 19.1 Å². The van der Waals surface area contributed by atoms with Gasteiger partial charge in [0.05, 0.1) is 13.5 Å². The van der Waals surface area contributed by atoms with Crippen molar-refractivity contribution in [3.63, 3.8) is 0 Å². The normalized spacial score (nSPS) is 22.9. The summed E-state index contributed by atoms with van der Waals surface area (Å²) < 4.78 is 5.31. The third kappa shape index (κ3) is 1.77. The smallest absolute Gasteiger partial charge is 0.303 e. The fourth-order valence-electron chi connectivity index (χ4n) is 2.61. The third-order valence-electron chi connectivity index (χ3n) is 3.40. The number of hydrogen-bond donors (Lipinski definition) is 1. The Labute approximate surface area is 95.0 Å². The number of methoxy groups -OCH3 is 1. The van der Waals surface area contributed by atoms with Crippen molar-refractivity contribution in [1.29, 1.82) is 0 Å². The Morgan fingerprint density at radius 3 is 2.94 bits per heavy atom. The monoisotopic (exact) mass is 220 g/mol. The van der Waals surface area contributed by atoms with E-state index in [0.29, 0.717) is 5.92 Å². The van der Waals surface area contributed by atoms with Gasteiger partial charge in [-0.15, -0.1) is 0 Å². The second kappa shape index (κ2) is 4.16. The summed E-state index contributed by atoms with van der Waals surface area (Å²) in [7, 11) is 1.66. The molecule has 1 aromatic carbocycles. The van der Waals surface area contributed by atoms with E-state index in [2.05, 4.69) is 6.92 Å². The molecule has 0 fully saturated rings. The third-order valence-corrected chi connectivity index (χ3v) is 3.40. The van der Waals surface area contributed by atoms with Crippen LogP contribution in [-0.4, -0.2) is 18.2 Å². The lowest BCUT2D eigenvalue weighted by atomic mass is 9.91. The average Bonchev–Trinajstić information content (AvgIpc) is 2.55. The molecule has 3 heteroatoms. The Bertz CT molecular complexity index is 412. The number of fused-ring (bicyclic) bond motifs is 1. The molecule has 0 bridgehead atoms. The number of hydrogen-bond acceptors (Lipinski definition) is 2. The largest absolute Gasteiger partial charge is 0.496 e. The number of carboxylic acids is 1. The zero-order valence-corrected chi connectivity index (χ0v) is 9.56. The van der Waals surface area contributed by atoms with E-state index in [1.165, 1.54) is 5.56 Å². The number of rotatable bonds is 3. The Hall–Kier alpha value is -1.51. The van der Waals surface area contributed by atoms with Gasteiger partial charge in [0.15, 0.2) is 0 Å². The summed E-state index contributed by atoms with van der Waals surface area (Å²) in [6, 6.07) is 5.90. The summed E-state index contributed by atoms with van der Waals surface area (Å²) in [5.74, 6) is 0.662. The molecule has 3 nitrogen and oxygen atoms in total. The van der Waals surface area contributed by atoms with Crippen molar-refractivity contribution in [1.82, 2.24) is 0 Å². The molecule has 0 heterocycles. The zero-order chi connectivity index (χ0) is 11.7. The van der Waals surface area contributed by atoms with Crippen molar-refractivity contribution < 1.29 is 14.6 Å². The Morgan fingerprint density at radius 2 is 2.31 bits per heavy atom. The summed E-state index contributed by atoms with van der Waals surface area (Å²) in [4.78, 5) is 10.8. The fourth-order valence-corrected chi connectivity index (χ4v) is 2.61. The average molecular weight is 220 g/mol. The van der Waals surface area contributed by atoms with Crippen molar-refractivity contribution in [2.75, 3.05) is 7.11 Å². The van der Waals surface area contributed by atoms with Gasteiger partial charge in [-0.2, -0.15) is 0 Å². The highest BCUT2D eigenvalue weighted by Gasteiger charge is 2.32. The van der Waals surface area contributed by atoms with Gasteiger partial charge in [0.2, 0.25) is 0 Å². The SMILES string of the molecule is COc1cccc2c1CC(C)C2CC(=O)O. The van der Waals surface area contributed by atoms with Crippen LogP contribution in [0.5, 0.6) is 5.75 Å². The molecule has 1 aromatic rings. The molecule has 0 aromatic heterocycles. The van der Waals surface area contributed by atoms with Crippen LogP contribution in [-0.2, 0) is 11.2 Å². The van der Waals surface area contributed by atoms with Gasteiger partial charge in [0.25, 0.3) is 0 Å². The Kier molecular flexibility index (Phi) is 2.86. The zero-order valence-electron chi connectivity index (χ0n) is 9.56. The van der Waals surface area contributed by atoms with Gasteiger partial charge >= 0.3 is 5.97 Å². The van der Waals surface area contributed by atoms with E-state index in [1.807, 2.05) is 18.2 Å². The molecule has 0 spiro atoms. The summed E-state index contributed by atoms with van der Waals surface area (Å²) in [5.41, 5.74) is 2.33. The highest BCUT2D eigenvalue weighted by atomic mass is 16.5. The molecule has 1 aliphatic rings. The van der Waals surface area contributed by atoms with Gasteiger partial charge in [0.1, 0.15) is 5.75 Å². The summed E-state index contributed by atoms with van der Waals surface area (Å²) >= 11 is 0. The molecule has 1 aliphatic carbocycles. The van der Waals surface area contributed by atoms with Crippen LogP contribution >= 0.6 is 0 Å². The van der Waals surface area contributed by atoms with Crippen LogP contribution in [0.3, 0.4) is 0 Å². The van der Waals surface area contributed by atoms with Gasteiger partial charge in [0, 0.05) is 0 Å². The van der Waals surface area contributed by atoms with Crippen molar-refractivity contribution in [3.05, 3.63) is 29.3 Å². The van der Waals surface area contributed by atoms with Crippen LogP contribution < -0.4 is 4.74 Å². The van der Waals surface area contributed by atoms with Crippen LogP contribution in [0.15, 0.2) is 18.2 Å². The molecule has 0 amide bonds. The van der Waals surface area contributed by atoms with Crippen LogP contribution in [0.2, 0.25) is 0 Å². The van der Waals surface area contributed by atoms with E-state index in [-0.39, 0.29) is 12.3 Å². The number of carboxylic acid groups (broad SMARTS) is 1. The minimum absolute atomic E-state index is 0.127. The van der Waals surface area contributed by atoms with Crippen LogP contribution in [0.25, 0.3) is 0 Å². The van der Waals surface area contributed by atoms with Gasteiger partial charge in [-0.3, -0.25) is 4.79 Å². The standard InChI is InChI=1S/C13H16O3/c1-8-6-11-9(10(8)7-13(14)15)4-3-5-12(11)16-2/h3-5,8,10H,6-7H2,1-2H3,(H,14,15). The lowest BCUT2D eigenvalue weighted by molar-refractivity contribution is -0.137. The van der Waals surface area contributed by atoms with E-state index in [0.717, 1.165) is 17.7 Å². The first-order valence-corrected chi connectivity index (χ1v) is 5.51. The number of carbonyl (C=O) groups is 1.